The minimum atomic E-state index is -2.00. The van der Waals surface area contributed by atoms with Gasteiger partial charge in [-0.2, -0.15) is 15.8 Å². The standard InChI is InChI=1S/C25H19F2N5/c26-21-8-4-7-18(23(21)27)22-20-13-32(12-16-5-2-1-3-6-16)10-9-17(20)19(11-28)24(31)25(22,14-29)15-30/h1-9,20,22H,10,12-13,31H2. The summed E-state index contributed by atoms with van der Waals surface area (Å²) >= 11 is 0. The summed E-state index contributed by atoms with van der Waals surface area (Å²) in [7, 11) is 0. The molecule has 0 spiro atoms. The van der Waals surface area contributed by atoms with Crippen molar-refractivity contribution in [2.45, 2.75) is 12.5 Å². The van der Waals surface area contributed by atoms with Crippen LogP contribution in [0.4, 0.5) is 8.78 Å². The van der Waals surface area contributed by atoms with E-state index >= 15 is 0 Å². The Hall–Kier alpha value is -3.99. The van der Waals surface area contributed by atoms with Crippen molar-refractivity contribution in [2.24, 2.45) is 17.1 Å². The van der Waals surface area contributed by atoms with E-state index in [1.807, 2.05) is 54.6 Å². The van der Waals surface area contributed by atoms with Crippen LogP contribution in [-0.4, -0.2) is 18.0 Å². The molecule has 0 aromatic heterocycles. The second kappa shape index (κ2) is 8.27. The van der Waals surface area contributed by atoms with E-state index in [4.69, 9.17) is 5.73 Å². The first kappa shape index (κ1) is 21.2. The zero-order valence-electron chi connectivity index (χ0n) is 17.1. The zero-order valence-corrected chi connectivity index (χ0v) is 17.1. The van der Waals surface area contributed by atoms with Gasteiger partial charge in [0.1, 0.15) is 6.07 Å². The lowest BCUT2D eigenvalue weighted by molar-refractivity contribution is 0.198. The second-order valence-electron chi connectivity index (χ2n) is 8.00. The molecule has 0 radical (unpaired) electrons. The summed E-state index contributed by atoms with van der Waals surface area (Å²) in [6.07, 6.45) is 1.84. The van der Waals surface area contributed by atoms with Crippen molar-refractivity contribution in [2.75, 3.05) is 13.1 Å². The van der Waals surface area contributed by atoms with Gasteiger partial charge in [0.15, 0.2) is 17.0 Å². The highest BCUT2D eigenvalue weighted by atomic mass is 19.2. The number of allylic oxidation sites excluding steroid dienone is 2. The van der Waals surface area contributed by atoms with Gasteiger partial charge < -0.3 is 5.73 Å². The Morgan fingerprint density at radius 1 is 1.03 bits per heavy atom. The predicted octanol–water partition coefficient (Wildman–Crippen LogP) is 3.89. The van der Waals surface area contributed by atoms with E-state index in [0.717, 1.165) is 11.6 Å². The van der Waals surface area contributed by atoms with Crippen LogP contribution >= 0.6 is 0 Å². The molecule has 0 bridgehead atoms. The average Bonchev–Trinajstić information content (AvgIpc) is 2.81. The van der Waals surface area contributed by atoms with Gasteiger partial charge in [-0.3, -0.25) is 4.90 Å². The second-order valence-corrected chi connectivity index (χ2v) is 8.00. The predicted molar refractivity (Wildman–Crippen MR) is 113 cm³/mol. The topological polar surface area (TPSA) is 101 Å². The Labute approximate surface area is 184 Å². The Morgan fingerprint density at radius 2 is 1.75 bits per heavy atom. The van der Waals surface area contributed by atoms with Gasteiger partial charge in [0.25, 0.3) is 0 Å². The molecule has 7 heteroatoms. The summed E-state index contributed by atoms with van der Waals surface area (Å²) in [6, 6.07) is 19.4. The lowest BCUT2D eigenvalue weighted by Gasteiger charge is -2.45. The molecule has 0 fully saturated rings. The molecule has 1 aliphatic carbocycles. The maximum Gasteiger partial charge on any atom is 0.191 e. The van der Waals surface area contributed by atoms with E-state index in [9.17, 15) is 24.6 Å². The highest BCUT2D eigenvalue weighted by Gasteiger charge is 2.55. The van der Waals surface area contributed by atoms with Crippen LogP contribution in [-0.2, 0) is 6.54 Å². The van der Waals surface area contributed by atoms with Gasteiger partial charge in [0, 0.05) is 31.5 Å². The highest BCUT2D eigenvalue weighted by Crippen LogP contribution is 2.54. The van der Waals surface area contributed by atoms with Crippen LogP contribution in [0.15, 0.2) is 71.5 Å². The summed E-state index contributed by atoms with van der Waals surface area (Å²) in [5, 5.41) is 29.9. The Balaban J connectivity index is 1.89. The first-order valence-electron chi connectivity index (χ1n) is 10.1. The van der Waals surface area contributed by atoms with Crippen LogP contribution in [0.25, 0.3) is 0 Å². The van der Waals surface area contributed by atoms with E-state index in [-0.39, 0.29) is 16.8 Å². The zero-order chi connectivity index (χ0) is 22.9. The van der Waals surface area contributed by atoms with Gasteiger partial charge in [-0.15, -0.1) is 0 Å². The summed E-state index contributed by atoms with van der Waals surface area (Å²) in [4.78, 5) is 2.09. The monoisotopic (exact) mass is 427 g/mol. The Kier molecular flexibility index (Phi) is 5.49. The Morgan fingerprint density at radius 3 is 2.41 bits per heavy atom. The number of rotatable bonds is 3. The fourth-order valence-electron chi connectivity index (χ4n) is 4.81. The van der Waals surface area contributed by atoms with Crippen LogP contribution in [0.1, 0.15) is 17.0 Å². The van der Waals surface area contributed by atoms with Crippen LogP contribution in [0.2, 0.25) is 0 Å². The number of hydrogen-bond acceptors (Lipinski definition) is 5. The van der Waals surface area contributed by atoms with E-state index in [2.05, 4.69) is 4.90 Å². The minimum absolute atomic E-state index is 0.0746. The molecule has 1 heterocycles. The minimum Gasteiger partial charge on any atom is -0.399 e. The smallest absolute Gasteiger partial charge is 0.191 e. The van der Waals surface area contributed by atoms with Crippen LogP contribution in [0.3, 0.4) is 0 Å². The molecule has 0 saturated heterocycles. The lowest BCUT2D eigenvalue weighted by atomic mass is 9.58. The number of nitrogens with two attached hydrogens (primary N) is 1. The van der Waals surface area contributed by atoms with Crippen molar-refractivity contribution in [3.05, 3.63) is 94.2 Å². The third-order valence-electron chi connectivity index (χ3n) is 6.31. The molecule has 2 atom stereocenters. The molecular weight excluding hydrogens is 408 g/mol. The van der Waals surface area contributed by atoms with E-state index in [1.165, 1.54) is 12.1 Å². The third-order valence-corrected chi connectivity index (χ3v) is 6.31. The fourth-order valence-corrected chi connectivity index (χ4v) is 4.81. The van der Waals surface area contributed by atoms with Crippen LogP contribution in [0.5, 0.6) is 0 Å². The van der Waals surface area contributed by atoms with Crippen molar-refractivity contribution >= 4 is 0 Å². The van der Waals surface area contributed by atoms with Gasteiger partial charge in [0.2, 0.25) is 0 Å². The van der Waals surface area contributed by atoms with E-state index < -0.39 is 28.9 Å². The van der Waals surface area contributed by atoms with Gasteiger partial charge >= 0.3 is 0 Å². The summed E-state index contributed by atoms with van der Waals surface area (Å²) in [6.45, 7) is 1.46. The van der Waals surface area contributed by atoms with Gasteiger partial charge in [-0.1, -0.05) is 48.5 Å². The molecule has 158 valence electrons. The molecule has 2 unspecified atom stereocenters. The largest absolute Gasteiger partial charge is 0.399 e. The number of halogens is 2. The molecule has 32 heavy (non-hydrogen) atoms. The molecule has 4 rings (SSSR count). The molecule has 1 aliphatic heterocycles. The number of nitrogens with zero attached hydrogens (tertiary/aromatic N) is 4. The van der Waals surface area contributed by atoms with Gasteiger partial charge in [0.05, 0.1) is 23.4 Å². The van der Waals surface area contributed by atoms with E-state index in [1.54, 1.807) is 0 Å². The van der Waals surface area contributed by atoms with Gasteiger partial charge in [-0.05, 0) is 22.8 Å². The van der Waals surface area contributed by atoms with Crippen molar-refractivity contribution in [3.8, 4) is 18.2 Å². The molecule has 5 nitrogen and oxygen atoms in total. The fraction of sp³-hybridized carbons (Fsp3) is 0.240. The number of hydrogen-bond donors (Lipinski definition) is 1. The summed E-state index contributed by atoms with van der Waals surface area (Å²) in [5.74, 6) is -3.84. The molecule has 0 saturated carbocycles. The average molecular weight is 427 g/mol. The quantitative estimate of drug-likeness (QED) is 0.801. The Bertz CT molecular complexity index is 1230. The van der Waals surface area contributed by atoms with Crippen molar-refractivity contribution < 1.29 is 8.78 Å². The van der Waals surface area contributed by atoms with Crippen LogP contribution < -0.4 is 5.73 Å². The summed E-state index contributed by atoms with van der Waals surface area (Å²) in [5.41, 5.74) is 5.62. The summed E-state index contributed by atoms with van der Waals surface area (Å²) < 4.78 is 29.1. The number of nitriles is 3. The number of benzene rings is 2. The normalized spacial score (nSPS) is 22.2. The highest BCUT2D eigenvalue weighted by molar-refractivity contribution is 5.59. The molecule has 2 aromatic carbocycles. The molecule has 2 aromatic rings. The maximum absolute atomic E-state index is 15.0. The van der Waals surface area contributed by atoms with Crippen molar-refractivity contribution in [1.82, 2.24) is 4.90 Å². The molecular formula is C25H19F2N5. The van der Waals surface area contributed by atoms with Crippen LogP contribution in [0, 0.1) is 57.0 Å². The molecule has 2 aliphatic rings. The lowest BCUT2D eigenvalue weighted by Crippen LogP contribution is -2.48. The van der Waals surface area contributed by atoms with Crippen molar-refractivity contribution in [1.29, 1.82) is 15.8 Å². The van der Waals surface area contributed by atoms with Gasteiger partial charge in [-0.25, -0.2) is 8.78 Å². The SMILES string of the molecule is N#CC1=C(N)C(C#N)(C#N)C(c2cccc(F)c2F)C2CN(Cc3ccccc3)CC=C12. The maximum atomic E-state index is 15.0. The van der Waals surface area contributed by atoms with E-state index in [0.29, 0.717) is 25.2 Å². The molecule has 0 amide bonds. The number of fused-ring (bicyclic) bond motifs is 1. The first-order valence-corrected chi connectivity index (χ1v) is 10.1. The van der Waals surface area contributed by atoms with Crippen molar-refractivity contribution in [3.63, 3.8) is 0 Å². The molecule has 2 N–H and O–H groups in total. The third kappa shape index (κ3) is 3.23. The first-order chi connectivity index (χ1) is 15.5.